The molecule has 0 unspecified atom stereocenters. The molecule has 4 aromatic heterocycles. The number of Topliss-reactive ketones (excluding diaryl/α,β-unsaturated/α-hetero) is 4. The van der Waals surface area contributed by atoms with E-state index in [2.05, 4.69) is 72.1 Å². The van der Waals surface area contributed by atoms with Crippen molar-refractivity contribution in [3.05, 3.63) is 444 Å². The molecule has 0 amide bonds. The van der Waals surface area contributed by atoms with Gasteiger partial charge in [0, 0.05) is 32.0 Å². The van der Waals surface area contributed by atoms with Crippen molar-refractivity contribution in [1.29, 1.82) is 0 Å². The van der Waals surface area contributed by atoms with E-state index in [-0.39, 0.29) is 29.0 Å². The molecule has 10 aromatic carbocycles. The zero-order valence-corrected chi connectivity index (χ0v) is 68.9. The summed E-state index contributed by atoms with van der Waals surface area (Å²) in [5.41, 5.74) is 18.0. The molecule has 3 N–H and O–H groups in total. The molecule has 590 valence electrons. The fraction of sp³-hybridized carbons (Fsp3) is 0.0777. The summed E-state index contributed by atoms with van der Waals surface area (Å²) in [6.07, 6.45) is 24.8. The van der Waals surface area contributed by atoms with E-state index in [1.165, 1.54) is 45.7 Å². The van der Waals surface area contributed by atoms with Crippen LogP contribution in [-0.2, 0) is 0 Å². The molecule has 0 saturated heterocycles. The average molecular weight is 1630 g/mol. The molecule has 0 radical (unpaired) electrons. The first kappa shape index (κ1) is 88.4. The summed E-state index contributed by atoms with van der Waals surface area (Å²) in [7, 11) is 0. The molecule has 14 aromatic rings. The zero-order valence-electron chi connectivity index (χ0n) is 65.6. The van der Waals surface area contributed by atoms with Gasteiger partial charge in [0.2, 0.25) is 0 Å². The largest absolute Gasteiger partial charge is 0.478 e. The van der Waals surface area contributed by atoms with E-state index in [9.17, 15) is 38.0 Å². The standard InChI is InChI=1S/C17H16O.C16H13FO.C16H14O2.2C14H12OS.2C13H10O2S/c1-12(18)14-8-5-9-15(10-14)17-11-16(17)13-6-3-2-4-7-13;1-12(18)15-4-2-3-14(11-15)6-5-13-7-9-16(17)10-8-13;1-12-5-7-13(8-6-12)9-10-14-3-2-4-15(11-14)16(17)18;1-11(15)13-5-2-4-12(10-13)7-8-14-6-3-9-16-14;1-11(15)14-4-2-3-12(9-14)5-6-13-7-8-16-10-13;14-13(15)11-4-1-3-10(9-11)6-7-12-5-2-8-16-12;14-13(15)12-3-1-2-10(8-12)4-5-11-6-7-16-9-11/h2-10,16-17H,11H2,1H3;2-11H,1H3;2-11H,1H3,(H,17,18);2*2-10H,1H3;2*1-9H,(H,14,15)/b;6-5-;10-9+;8-7-;6-5-;7-6+;5-4+/t16-,17+;;;;;;/m1....../s1. The molecule has 1 saturated carbocycles. The van der Waals surface area contributed by atoms with Gasteiger partial charge in [-0.2, -0.15) is 22.7 Å². The van der Waals surface area contributed by atoms with Gasteiger partial charge >= 0.3 is 17.9 Å². The third-order valence-corrected chi connectivity index (χ3v) is 21.0. The second-order valence-corrected chi connectivity index (χ2v) is 30.5. The highest BCUT2D eigenvalue weighted by molar-refractivity contribution is 7.11. The molecule has 10 nitrogen and oxygen atoms in total. The van der Waals surface area contributed by atoms with Gasteiger partial charge in [0.25, 0.3) is 0 Å². The fourth-order valence-corrected chi connectivity index (χ4v) is 13.9. The lowest BCUT2D eigenvalue weighted by Gasteiger charge is -2.03. The van der Waals surface area contributed by atoms with Crippen molar-refractivity contribution in [2.45, 2.75) is 52.9 Å². The van der Waals surface area contributed by atoms with Crippen molar-refractivity contribution < 1.29 is 53.3 Å². The molecule has 118 heavy (non-hydrogen) atoms. The van der Waals surface area contributed by atoms with Gasteiger partial charge in [-0.15, -0.1) is 22.7 Å². The topological polar surface area (TPSA) is 180 Å². The molecule has 0 bridgehead atoms. The van der Waals surface area contributed by atoms with Crippen molar-refractivity contribution >= 4 is 159 Å². The second kappa shape index (κ2) is 46.7. The molecule has 15 heteroatoms. The molecule has 1 aliphatic rings. The summed E-state index contributed by atoms with van der Waals surface area (Å²) in [6, 6.07) is 88.6. The van der Waals surface area contributed by atoms with Crippen LogP contribution in [0.2, 0.25) is 0 Å². The maximum Gasteiger partial charge on any atom is 0.335 e. The number of carboxylic acids is 3. The number of hydrogen-bond acceptors (Lipinski definition) is 11. The second-order valence-electron chi connectivity index (χ2n) is 27.0. The quantitative estimate of drug-likeness (QED) is 0.0463. The van der Waals surface area contributed by atoms with Gasteiger partial charge in [-0.05, 0) is 261 Å². The van der Waals surface area contributed by atoms with E-state index >= 15 is 0 Å². The first-order valence-electron chi connectivity index (χ1n) is 37.6. The minimum atomic E-state index is -0.902. The number of benzene rings is 10. The maximum atomic E-state index is 12.7. The Labute approximate surface area is 704 Å². The molecular formula is C103H87FO10S4. The lowest BCUT2D eigenvalue weighted by molar-refractivity contribution is 0.0686. The summed E-state index contributed by atoms with van der Waals surface area (Å²) >= 11 is 6.66. The third-order valence-electron chi connectivity index (χ3n) is 17.9. The lowest BCUT2D eigenvalue weighted by Crippen LogP contribution is -1.95. The Balaban J connectivity index is 0.000000157. The fourth-order valence-electron chi connectivity index (χ4n) is 11.4. The Hall–Kier alpha value is -13.5. The number of ketones is 4. The van der Waals surface area contributed by atoms with Crippen molar-refractivity contribution in [2.75, 3.05) is 0 Å². The Morgan fingerprint density at radius 1 is 0.288 bits per heavy atom. The van der Waals surface area contributed by atoms with Crippen LogP contribution in [0.4, 0.5) is 4.39 Å². The summed E-state index contributed by atoms with van der Waals surface area (Å²) in [5.74, 6) is -1.32. The van der Waals surface area contributed by atoms with Crippen LogP contribution in [0.1, 0.15) is 201 Å². The highest BCUT2D eigenvalue weighted by Crippen LogP contribution is 2.54. The van der Waals surface area contributed by atoms with Crippen LogP contribution in [0, 0.1) is 12.7 Å². The van der Waals surface area contributed by atoms with Crippen LogP contribution in [0.15, 0.2) is 317 Å². The smallest absolute Gasteiger partial charge is 0.335 e. The molecule has 0 aliphatic heterocycles. The highest BCUT2D eigenvalue weighted by Gasteiger charge is 2.39. The van der Waals surface area contributed by atoms with Crippen molar-refractivity contribution in [2.24, 2.45) is 0 Å². The van der Waals surface area contributed by atoms with E-state index in [4.69, 9.17) is 15.3 Å². The molecule has 15 rings (SSSR count). The summed E-state index contributed by atoms with van der Waals surface area (Å²) in [4.78, 5) is 79.8. The number of thiophene rings is 4. The van der Waals surface area contributed by atoms with Gasteiger partial charge in [-0.3, -0.25) is 19.2 Å². The van der Waals surface area contributed by atoms with Crippen molar-refractivity contribution in [3.8, 4) is 0 Å². The van der Waals surface area contributed by atoms with Crippen LogP contribution in [-0.4, -0.2) is 56.4 Å². The van der Waals surface area contributed by atoms with Gasteiger partial charge < -0.3 is 15.3 Å². The minimum Gasteiger partial charge on any atom is -0.478 e. The summed E-state index contributed by atoms with van der Waals surface area (Å²) in [6.45, 7) is 8.39. The number of aryl methyl sites for hydroxylation is 1. The monoisotopic (exact) mass is 1630 g/mol. The van der Waals surface area contributed by atoms with Crippen molar-refractivity contribution in [3.63, 3.8) is 0 Å². The normalized spacial score (nSPS) is 12.4. The first-order valence-corrected chi connectivity index (χ1v) is 41.2. The zero-order chi connectivity index (χ0) is 84.0. The number of rotatable bonds is 21. The number of carbonyl (C=O) groups excluding carboxylic acids is 4. The Bertz CT molecular complexity index is 5290. The minimum absolute atomic E-state index is 0.0482. The van der Waals surface area contributed by atoms with E-state index < -0.39 is 17.9 Å². The van der Waals surface area contributed by atoms with E-state index in [0.717, 1.165) is 71.6 Å². The maximum absolute atomic E-state index is 12.7. The van der Waals surface area contributed by atoms with Crippen molar-refractivity contribution in [1.82, 2.24) is 0 Å². The van der Waals surface area contributed by atoms with Crippen LogP contribution >= 0.6 is 45.3 Å². The van der Waals surface area contributed by atoms with Crippen LogP contribution in [0.5, 0.6) is 0 Å². The van der Waals surface area contributed by atoms with Gasteiger partial charge in [-0.25, -0.2) is 18.8 Å². The molecule has 2 atom stereocenters. The molecular weight excluding hydrogens is 1540 g/mol. The number of carboxylic acid groups (broad SMARTS) is 3. The van der Waals surface area contributed by atoms with Gasteiger partial charge in [0.05, 0.1) is 16.7 Å². The number of hydrogen-bond donors (Lipinski definition) is 3. The third kappa shape index (κ3) is 31.0. The summed E-state index contributed by atoms with van der Waals surface area (Å²) < 4.78 is 12.7. The average Bonchev–Trinajstić information content (AvgIpc) is 1.63. The molecule has 1 fully saturated rings. The van der Waals surface area contributed by atoms with E-state index in [1.54, 1.807) is 146 Å². The van der Waals surface area contributed by atoms with Gasteiger partial charge in [0.1, 0.15) is 5.82 Å². The van der Waals surface area contributed by atoms with Crippen LogP contribution in [0.25, 0.3) is 72.9 Å². The SMILES string of the molecule is CC(=O)c1cccc(/C=C\c2ccc(F)cc2)c1.CC(=O)c1cccc(/C=C\c2cccs2)c1.CC(=O)c1cccc(/C=C\c2ccsc2)c1.CC(=O)c1cccc([C@@H]2C[C@@H]2c2ccccc2)c1.Cc1ccc(/C=C/c2cccc(C(=O)O)c2)cc1.O=C(O)c1cccc(/C=C/c2cccs2)c1.O=C(O)c1cccc(/C=C/c2ccsc2)c1. The van der Waals surface area contributed by atoms with E-state index in [1.807, 2.05) is 240 Å². The lowest BCUT2D eigenvalue weighted by atomic mass is 10.0. The Kier molecular flexibility index (Phi) is 35.0. The predicted molar refractivity (Wildman–Crippen MR) is 491 cm³/mol. The molecule has 0 spiro atoms. The van der Waals surface area contributed by atoms with Crippen LogP contribution in [0.3, 0.4) is 0 Å². The first-order chi connectivity index (χ1) is 57.1. The van der Waals surface area contributed by atoms with Gasteiger partial charge in [0.15, 0.2) is 23.1 Å². The number of carbonyl (C=O) groups is 7. The molecule has 1 aliphatic carbocycles. The van der Waals surface area contributed by atoms with E-state index in [0.29, 0.717) is 34.1 Å². The Morgan fingerprint density at radius 2 is 0.585 bits per heavy atom. The molecule has 4 heterocycles. The van der Waals surface area contributed by atoms with Crippen LogP contribution < -0.4 is 0 Å². The predicted octanol–water partition coefficient (Wildman–Crippen LogP) is 27.7. The number of halogens is 1. The number of aromatic carboxylic acids is 3. The summed E-state index contributed by atoms with van der Waals surface area (Å²) in [5, 5.41) is 38.8. The van der Waals surface area contributed by atoms with Gasteiger partial charge in [-0.1, -0.05) is 254 Å². The highest BCUT2D eigenvalue weighted by atomic mass is 32.1. The Morgan fingerprint density at radius 3 is 0.915 bits per heavy atom.